The van der Waals surface area contributed by atoms with Gasteiger partial charge >= 0.3 is 0 Å². The summed E-state index contributed by atoms with van der Waals surface area (Å²) in [6, 6.07) is 20.1. The van der Waals surface area contributed by atoms with Crippen molar-refractivity contribution < 1.29 is 0 Å². The maximum atomic E-state index is 2.40. The molecule has 1 aliphatic rings. The molecule has 3 rings (SSSR count). The summed E-state index contributed by atoms with van der Waals surface area (Å²) < 4.78 is 0. The van der Waals surface area contributed by atoms with E-state index in [0.29, 0.717) is 5.04 Å². The van der Waals surface area contributed by atoms with Crippen LogP contribution in [0.3, 0.4) is 0 Å². The van der Waals surface area contributed by atoms with Gasteiger partial charge in [-0.25, -0.2) is 0 Å². The molecule has 0 bridgehead atoms. The first-order chi connectivity index (χ1) is 8.08. The molecule has 0 fully saturated rings. The second-order valence-corrected chi connectivity index (χ2v) is 10.6. The van der Waals surface area contributed by atoms with Gasteiger partial charge in [-0.2, -0.15) is 0 Å². The fourth-order valence-electron chi connectivity index (χ4n) is 3.29. The fourth-order valence-corrected chi connectivity index (χ4v) is 8.97. The molecule has 0 aliphatic carbocycles. The van der Waals surface area contributed by atoms with E-state index in [4.69, 9.17) is 0 Å². The van der Waals surface area contributed by atoms with Crippen molar-refractivity contribution in [3.63, 3.8) is 0 Å². The highest BCUT2D eigenvalue weighted by Crippen LogP contribution is 2.40. The topological polar surface area (TPSA) is 0 Å². The second-order valence-electron chi connectivity index (χ2n) is 5.91. The maximum Gasteiger partial charge on any atom is 0.153 e. The highest BCUT2D eigenvalue weighted by atomic mass is 28.3. The van der Waals surface area contributed by atoms with Crippen LogP contribution in [0.25, 0.3) is 0 Å². The summed E-state index contributed by atoms with van der Waals surface area (Å²) >= 11 is 0. The standard InChI is InChI=1S/C16H18Si/c1-16(2,3)17(13-9-5-4-6-10-13)14-11-7-8-12-15(14)17/h4-12H,1-3H3. The number of fused-ring (bicyclic) bond motifs is 1. The zero-order chi connectivity index (χ0) is 12.1. The van der Waals surface area contributed by atoms with E-state index in [2.05, 4.69) is 75.4 Å². The third kappa shape index (κ3) is 1.29. The van der Waals surface area contributed by atoms with Crippen molar-refractivity contribution >= 4 is 23.6 Å². The lowest BCUT2D eigenvalue weighted by molar-refractivity contribution is 0.746. The van der Waals surface area contributed by atoms with Crippen LogP contribution in [0.5, 0.6) is 0 Å². The first kappa shape index (κ1) is 10.8. The molecule has 0 saturated heterocycles. The highest BCUT2D eigenvalue weighted by molar-refractivity contribution is 7.26. The molecule has 0 N–H and O–H groups in total. The molecular weight excluding hydrogens is 220 g/mol. The van der Waals surface area contributed by atoms with Crippen LogP contribution in [0.15, 0.2) is 54.6 Å². The van der Waals surface area contributed by atoms with Gasteiger partial charge in [-0.1, -0.05) is 75.4 Å². The lowest BCUT2D eigenvalue weighted by Gasteiger charge is -2.30. The van der Waals surface area contributed by atoms with Gasteiger partial charge in [0.1, 0.15) is 0 Å². The minimum Gasteiger partial charge on any atom is -0.0624 e. The highest BCUT2D eigenvalue weighted by Gasteiger charge is 2.60. The fraction of sp³-hybridized carbons (Fsp3) is 0.250. The SMILES string of the molecule is CC(C)(C)[Si]1(c2ccccc2)c2ccccc21. The largest absolute Gasteiger partial charge is 0.153 e. The van der Waals surface area contributed by atoms with E-state index in [-0.39, 0.29) is 0 Å². The Bertz CT molecular complexity index is 526. The molecule has 0 spiro atoms. The normalized spacial score (nSPS) is 16.4. The zero-order valence-corrected chi connectivity index (χ0v) is 11.7. The third-order valence-electron chi connectivity index (χ3n) is 4.00. The Labute approximate surface area is 104 Å². The van der Waals surface area contributed by atoms with E-state index < -0.39 is 8.07 Å². The van der Waals surface area contributed by atoms with Crippen molar-refractivity contribution in [3.05, 3.63) is 54.6 Å². The minimum absolute atomic E-state index is 0.359. The Morgan fingerprint density at radius 1 is 0.706 bits per heavy atom. The summed E-state index contributed by atoms with van der Waals surface area (Å²) in [5, 5.41) is 5.20. The smallest absolute Gasteiger partial charge is 0.0624 e. The van der Waals surface area contributed by atoms with Crippen LogP contribution in [0.1, 0.15) is 20.8 Å². The molecule has 2 aromatic rings. The van der Waals surface area contributed by atoms with Crippen LogP contribution in [0, 0.1) is 0 Å². The van der Waals surface area contributed by atoms with Gasteiger partial charge in [0.25, 0.3) is 0 Å². The van der Waals surface area contributed by atoms with Crippen LogP contribution in [0.2, 0.25) is 5.04 Å². The molecule has 0 aromatic heterocycles. The van der Waals surface area contributed by atoms with E-state index in [1.807, 2.05) is 0 Å². The summed E-state index contributed by atoms with van der Waals surface area (Å²) in [5.41, 5.74) is 0. The van der Waals surface area contributed by atoms with Crippen molar-refractivity contribution in [1.82, 2.24) is 0 Å². The molecular formula is C16H18Si. The lowest BCUT2D eigenvalue weighted by atomic mass is 10.2. The van der Waals surface area contributed by atoms with Gasteiger partial charge in [0.2, 0.25) is 0 Å². The summed E-state index contributed by atoms with van der Waals surface area (Å²) in [6.07, 6.45) is 0. The van der Waals surface area contributed by atoms with Gasteiger partial charge in [0.15, 0.2) is 8.07 Å². The van der Waals surface area contributed by atoms with Crippen LogP contribution < -0.4 is 15.6 Å². The molecule has 17 heavy (non-hydrogen) atoms. The van der Waals surface area contributed by atoms with Gasteiger partial charge in [-0.15, -0.1) is 0 Å². The summed E-state index contributed by atoms with van der Waals surface area (Å²) in [6.45, 7) is 7.19. The Kier molecular flexibility index (Phi) is 2.11. The molecule has 0 radical (unpaired) electrons. The molecule has 86 valence electrons. The minimum atomic E-state index is -1.57. The monoisotopic (exact) mass is 238 g/mol. The van der Waals surface area contributed by atoms with E-state index in [1.54, 1.807) is 15.6 Å². The molecule has 1 heteroatoms. The van der Waals surface area contributed by atoms with Crippen LogP contribution in [-0.2, 0) is 0 Å². The van der Waals surface area contributed by atoms with Gasteiger partial charge in [0, 0.05) is 0 Å². The summed E-state index contributed by atoms with van der Waals surface area (Å²) in [5.74, 6) is 0. The Morgan fingerprint density at radius 3 is 1.65 bits per heavy atom. The number of hydrogen-bond donors (Lipinski definition) is 0. The van der Waals surface area contributed by atoms with E-state index in [9.17, 15) is 0 Å². The molecule has 1 heterocycles. The van der Waals surface area contributed by atoms with Crippen LogP contribution >= 0.6 is 0 Å². The molecule has 0 amide bonds. The zero-order valence-electron chi connectivity index (χ0n) is 10.7. The Morgan fingerprint density at radius 2 is 1.18 bits per heavy atom. The van der Waals surface area contributed by atoms with Crippen molar-refractivity contribution in [2.24, 2.45) is 0 Å². The average molecular weight is 238 g/mol. The second kappa shape index (κ2) is 3.33. The van der Waals surface area contributed by atoms with Crippen LogP contribution in [0.4, 0.5) is 0 Å². The molecule has 0 saturated carbocycles. The van der Waals surface area contributed by atoms with Gasteiger partial charge < -0.3 is 0 Å². The number of benzene rings is 2. The van der Waals surface area contributed by atoms with Crippen LogP contribution in [-0.4, -0.2) is 8.07 Å². The summed E-state index contributed by atoms with van der Waals surface area (Å²) in [7, 11) is -1.57. The maximum absolute atomic E-state index is 2.40. The van der Waals surface area contributed by atoms with Gasteiger partial charge in [-0.05, 0) is 20.6 Å². The molecule has 1 aliphatic heterocycles. The molecule has 2 aromatic carbocycles. The quantitative estimate of drug-likeness (QED) is 0.669. The van der Waals surface area contributed by atoms with Gasteiger partial charge in [0.05, 0.1) is 0 Å². The number of rotatable bonds is 1. The predicted molar refractivity (Wildman–Crippen MR) is 77.3 cm³/mol. The van der Waals surface area contributed by atoms with Crippen molar-refractivity contribution in [1.29, 1.82) is 0 Å². The average Bonchev–Trinajstić information content (AvgIpc) is 3.00. The van der Waals surface area contributed by atoms with E-state index in [1.165, 1.54) is 0 Å². The summed E-state index contributed by atoms with van der Waals surface area (Å²) in [4.78, 5) is 0. The van der Waals surface area contributed by atoms with E-state index in [0.717, 1.165) is 0 Å². The van der Waals surface area contributed by atoms with Crippen molar-refractivity contribution in [2.75, 3.05) is 0 Å². The molecule has 0 nitrogen and oxygen atoms in total. The van der Waals surface area contributed by atoms with E-state index >= 15 is 0 Å². The lowest BCUT2D eigenvalue weighted by Crippen LogP contribution is -2.51. The number of hydrogen-bond acceptors (Lipinski definition) is 0. The molecule has 0 unspecified atom stereocenters. The predicted octanol–water partition coefficient (Wildman–Crippen LogP) is 2.27. The Balaban J connectivity index is 2.22. The van der Waals surface area contributed by atoms with Crippen molar-refractivity contribution in [2.45, 2.75) is 25.8 Å². The molecule has 0 atom stereocenters. The third-order valence-corrected chi connectivity index (χ3v) is 9.69. The first-order valence-corrected chi connectivity index (χ1v) is 8.24. The van der Waals surface area contributed by atoms with Gasteiger partial charge in [-0.3, -0.25) is 0 Å². The first-order valence-electron chi connectivity index (χ1n) is 6.24. The van der Waals surface area contributed by atoms with Crippen molar-refractivity contribution in [3.8, 4) is 0 Å². The Hall–Kier alpha value is -1.34.